The Kier molecular flexibility index (Phi) is 6.89. The van der Waals surface area contributed by atoms with Gasteiger partial charge in [-0.15, -0.1) is 0 Å². The summed E-state index contributed by atoms with van der Waals surface area (Å²) in [5.74, 6) is 0.212. The minimum atomic E-state index is -3.67. The van der Waals surface area contributed by atoms with Crippen LogP contribution in [-0.2, 0) is 14.8 Å². The highest BCUT2D eigenvalue weighted by atomic mass is 32.2. The topological polar surface area (TPSA) is 69.7 Å². The van der Waals surface area contributed by atoms with Gasteiger partial charge >= 0.3 is 0 Å². The molecule has 1 heterocycles. The van der Waals surface area contributed by atoms with Crippen LogP contribution in [0.25, 0.3) is 0 Å². The van der Waals surface area contributed by atoms with Crippen LogP contribution < -0.4 is 9.62 Å². The Balaban J connectivity index is 1.64. The molecule has 1 aliphatic heterocycles. The Hall–Kier alpha value is -2.54. The molecule has 0 unspecified atom stereocenters. The number of carbonyl (C=O) groups excluding carboxylic acids is 1. The molecule has 1 amide bonds. The van der Waals surface area contributed by atoms with Gasteiger partial charge in [-0.2, -0.15) is 0 Å². The molecule has 2 aromatic carbocycles. The highest BCUT2D eigenvalue weighted by Gasteiger charge is 2.25. The van der Waals surface area contributed by atoms with Gasteiger partial charge in [0, 0.05) is 44.0 Å². The number of anilines is 2. The number of sulfonamides is 1. The molecule has 1 fully saturated rings. The van der Waals surface area contributed by atoms with E-state index in [1.54, 1.807) is 12.1 Å². The van der Waals surface area contributed by atoms with Gasteiger partial charge in [-0.3, -0.25) is 9.52 Å². The monoisotopic (exact) mass is 457 g/mol. The quantitative estimate of drug-likeness (QED) is 0.718. The van der Waals surface area contributed by atoms with Gasteiger partial charge in [0.25, 0.3) is 10.0 Å². The first-order chi connectivity index (χ1) is 14.9. The van der Waals surface area contributed by atoms with Crippen LogP contribution in [0.4, 0.5) is 11.4 Å². The molecule has 0 spiro atoms. The third-order valence-corrected chi connectivity index (χ3v) is 7.36. The van der Waals surface area contributed by atoms with Crippen LogP contribution in [0.3, 0.4) is 0 Å². The number of aryl methyl sites for hydroxylation is 3. The summed E-state index contributed by atoms with van der Waals surface area (Å²) in [5.41, 5.74) is 4.08. The molecule has 0 aliphatic carbocycles. The maximum atomic E-state index is 13.0. The highest BCUT2D eigenvalue weighted by molar-refractivity contribution is 7.92. The summed E-state index contributed by atoms with van der Waals surface area (Å²) in [6.45, 7) is 14.8. The average molecular weight is 458 g/mol. The Morgan fingerprint density at radius 1 is 0.938 bits per heavy atom. The molecule has 0 atom stereocenters. The van der Waals surface area contributed by atoms with Crippen molar-refractivity contribution in [3.05, 3.63) is 53.1 Å². The van der Waals surface area contributed by atoms with Crippen molar-refractivity contribution in [2.75, 3.05) is 35.8 Å². The normalized spacial score (nSPS) is 15.1. The van der Waals surface area contributed by atoms with Crippen molar-refractivity contribution >= 4 is 27.3 Å². The second kappa shape index (κ2) is 9.14. The van der Waals surface area contributed by atoms with Crippen molar-refractivity contribution in [1.82, 2.24) is 4.90 Å². The van der Waals surface area contributed by atoms with Crippen LogP contribution in [0.1, 0.15) is 43.9 Å². The summed E-state index contributed by atoms with van der Waals surface area (Å²) in [7, 11) is -3.67. The maximum Gasteiger partial charge on any atom is 0.262 e. The molecule has 0 bridgehead atoms. The van der Waals surface area contributed by atoms with Crippen LogP contribution in [0, 0.1) is 26.2 Å². The van der Waals surface area contributed by atoms with Gasteiger partial charge in [0.15, 0.2) is 0 Å². The lowest BCUT2D eigenvalue weighted by atomic mass is 9.91. The number of piperazine rings is 1. The van der Waals surface area contributed by atoms with Gasteiger partial charge in [-0.1, -0.05) is 38.5 Å². The fraction of sp³-hybridized carbons (Fsp3) is 0.480. The summed E-state index contributed by atoms with van der Waals surface area (Å²) in [6, 6.07) is 11.2. The molecular weight excluding hydrogens is 422 g/mol. The average Bonchev–Trinajstić information content (AvgIpc) is 2.66. The van der Waals surface area contributed by atoms with E-state index < -0.39 is 10.0 Å². The van der Waals surface area contributed by atoms with E-state index in [0.717, 1.165) is 35.5 Å². The number of amides is 1. The maximum absolute atomic E-state index is 13.0. The lowest BCUT2D eigenvalue weighted by Gasteiger charge is -2.37. The number of carbonyl (C=O) groups is 1. The van der Waals surface area contributed by atoms with Gasteiger partial charge < -0.3 is 9.80 Å². The van der Waals surface area contributed by atoms with Crippen molar-refractivity contribution < 1.29 is 13.2 Å². The van der Waals surface area contributed by atoms with Crippen LogP contribution in [0.5, 0.6) is 0 Å². The Labute approximate surface area is 192 Å². The summed E-state index contributed by atoms with van der Waals surface area (Å²) >= 11 is 0. The molecule has 0 saturated carbocycles. The minimum Gasteiger partial charge on any atom is -0.368 e. The predicted molar refractivity (Wildman–Crippen MR) is 131 cm³/mol. The van der Waals surface area contributed by atoms with Crippen LogP contribution in [-0.4, -0.2) is 45.4 Å². The lowest BCUT2D eigenvalue weighted by molar-refractivity contribution is -0.133. The van der Waals surface area contributed by atoms with Gasteiger partial charge in [-0.25, -0.2) is 8.42 Å². The number of hydrogen-bond acceptors (Lipinski definition) is 4. The van der Waals surface area contributed by atoms with E-state index in [0.29, 0.717) is 30.1 Å². The predicted octanol–water partition coefficient (Wildman–Crippen LogP) is 4.50. The van der Waals surface area contributed by atoms with E-state index in [1.165, 1.54) is 0 Å². The third kappa shape index (κ3) is 5.82. The fourth-order valence-corrected chi connectivity index (χ4v) is 5.83. The Morgan fingerprint density at radius 3 is 1.97 bits per heavy atom. The molecular formula is C25H35N3O3S. The number of nitrogens with zero attached hydrogens (tertiary/aromatic N) is 2. The van der Waals surface area contributed by atoms with E-state index in [-0.39, 0.29) is 11.3 Å². The Bertz CT molecular complexity index is 1060. The molecule has 3 rings (SSSR count). The van der Waals surface area contributed by atoms with E-state index >= 15 is 0 Å². The largest absolute Gasteiger partial charge is 0.368 e. The van der Waals surface area contributed by atoms with Crippen molar-refractivity contribution in [3.63, 3.8) is 0 Å². The zero-order valence-electron chi connectivity index (χ0n) is 20.0. The number of rotatable bonds is 5. The van der Waals surface area contributed by atoms with Crippen LogP contribution in [0.2, 0.25) is 0 Å². The second-order valence-electron chi connectivity index (χ2n) is 9.99. The zero-order valence-corrected chi connectivity index (χ0v) is 20.8. The highest BCUT2D eigenvalue weighted by Crippen LogP contribution is 2.26. The molecule has 7 heteroatoms. The number of benzene rings is 2. The third-order valence-electron chi connectivity index (χ3n) is 5.67. The molecule has 1 N–H and O–H groups in total. The first-order valence-corrected chi connectivity index (χ1v) is 12.6. The van der Waals surface area contributed by atoms with Crippen molar-refractivity contribution in [3.8, 4) is 0 Å². The smallest absolute Gasteiger partial charge is 0.262 e. The molecule has 174 valence electrons. The molecule has 2 aromatic rings. The summed E-state index contributed by atoms with van der Waals surface area (Å²) in [6.07, 6.45) is 0.557. The number of nitrogens with one attached hydrogen (secondary N) is 1. The lowest BCUT2D eigenvalue weighted by Crippen LogP contribution is -2.49. The number of hydrogen-bond donors (Lipinski definition) is 1. The summed E-state index contributed by atoms with van der Waals surface area (Å²) < 4.78 is 28.7. The Morgan fingerprint density at radius 2 is 1.47 bits per heavy atom. The summed E-state index contributed by atoms with van der Waals surface area (Å²) in [5, 5.41) is 0. The van der Waals surface area contributed by atoms with Crippen LogP contribution >= 0.6 is 0 Å². The fourth-order valence-electron chi connectivity index (χ4n) is 4.32. The molecule has 0 radical (unpaired) electrons. The minimum absolute atomic E-state index is 0.00690. The van der Waals surface area contributed by atoms with Crippen LogP contribution in [0.15, 0.2) is 41.3 Å². The van der Waals surface area contributed by atoms with Gasteiger partial charge in [-0.05, 0) is 61.6 Å². The molecule has 1 saturated heterocycles. The summed E-state index contributed by atoms with van der Waals surface area (Å²) in [4.78, 5) is 17.0. The van der Waals surface area contributed by atoms with Gasteiger partial charge in [0.1, 0.15) is 0 Å². The zero-order chi connectivity index (χ0) is 23.7. The standard InChI is InChI=1S/C25H35N3O3S/c1-18-15-19(2)24(20(3)16-18)32(30,31)26-21-7-9-22(10-8-21)27-11-13-28(14-12-27)23(29)17-25(4,5)6/h7-10,15-16,26H,11-14,17H2,1-6H3. The molecule has 1 aliphatic rings. The van der Waals surface area contributed by atoms with E-state index in [1.807, 2.05) is 49.9 Å². The SMILES string of the molecule is Cc1cc(C)c(S(=O)(=O)Nc2ccc(N3CCN(C(=O)CC(C)(C)C)CC3)cc2)c(C)c1. The molecule has 6 nitrogen and oxygen atoms in total. The van der Waals surface area contributed by atoms with E-state index in [9.17, 15) is 13.2 Å². The van der Waals surface area contributed by atoms with E-state index in [4.69, 9.17) is 0 Å². The van der Waals surface area contributed by atoms with Crippen molar-refractivity contribution in [1.29, 1.82) is 0 Å². The first kappa shape index (κ1) is 24.1. The van der Waals surface area contributed by atoms with Gasteiger partial charge in [0.05, 0.1) is 4.90 Å². The van der Waals surface area contributed by atoms with Crippen molar-refractivity contribution in [2.45, 2.75) is 52.9 Å². The second-order valence-corrected chi connectivity index (χ2v) is 11.6. The van der Waals surface area contributed by atoms with Gasteiger partial charge in [0.2, 0.25) is 5.91 Å². The van der Waals surface area contributed by atoms with Crippen molar-refractivity contribution in [2.24, 2.45) is 5.41 Å². The van der Waals surface area contributed by atoms with E-state index in [2.05, 4.69) is 30.4 Å². The molecule has 0 aromatic heterocycles. The first-order valence-electron chi connectivity index (χ1n) is 11.1. The molecule has 32 heavy (non-hydrogen) atoms.